The maximum atomic E-state index is 12.0. The molecule has 140 valence electrons. The van der Waals surface area contributed by atoms with Crippen LogP contribution in [-0.4, -0.2) is 32.3 Å². The number of nitrogens with one attached hydrogen (secondary N) is 1. The van der Waals surface area contributed by atoms with Crippen molar-refractivity contribution in [3.05, 3.63) is 53.6 Å². The third-order valence-corrected chi connectivity index (χ3v) is 4.09. The van der Waals surface area contributed by atoms with Gasteiger partial charge in [0.25, 0.3) is 0 Å². The van der Waals surface area contributed by atoms with Crippen molar-refractivity contribution < 1.29 is 24.1 Å². The zero-order chi connectivity index (χ0) is 18.9. The standard InChI is InChI=1S/C20H25NO5/c1-24-15-6-4-14(5-7-15)13-21-20(23)11-10-18(22)17-9-8-16(25-2)12-19(17)26-3/h4-9,12,18,22H,10-11,13H2,1-3H3,(H,21,23). The summed E-state index contributed by atoms with van der Waals surface area (Å²) in [6.45, 7) is 0.435. The Bertz CT molecular complexity index is 715. The van der Waals surface area contributed by atoms with E-state index in [1.807, 2.05) is 24.3 Å². The number of hydrogen-bond acceptors (Lipinski definition) is 5. The van der Waals surface area contributed by atoms with Gasteiger partial charge < -0.3 is 24.6 Å². The normalized spacial score (nSPS) is 11.5. The molecule has 0 aromatic heterocycles. The molecule has 0 saturated carbocycles. The summed E-state index contributed by atoms with van der Waals surface area (Å²) in [4.78, 5) is 12.0. The Kier molecular flexibility index (Phi) is 7.29. The van der Waals surface area contributed by atoms with Gasteiger partial charge in [-0.3, -0.25) is 4.79 Å². The van der Waals surface area contributed by atoms with Gasteiger partial charge in [-0.15, -0.1) is 0 Å². The monoisotopic (exact) mass is 359 g/mol. The Morgan fingerprint density at radius 2 is 1.65 bits per heavy atom. The van der Waals surface area contributed by atoms with Gasteiger partial charge in [0.15, 0.2) is 0 Å². The number of carbonyl (C=O) groups excluding carboxylic acids is 1. The quantitative estimate of drug-likeness (QED) is 0.720. The summed E-state index contributed by atoms with van der Waals surface area (Å²) >= 11 is 0. The van der Waals surface area contributed by atoms with Crippen LogP contribution in [0.3, 0.4) is 0 Å². The Morgan fingerprint density at radius 3 is 2.27 bits per heavy atom. The largest absolute Gasteiger partial charge is 0.497 e. The average molecular weight is 359 g/mol. The minimum Gasteiger partial charge on any atom is -0.497 e. The van der Waals surface area contributed by atoms with Crippen molar-refractivity contribution in [1.82, 2.24) is 5.32 Å². The number of ether oxygens (including phenoxy) is 3. The van der Waals surface area contributed by atoms with Crippen LogP contribution in [0.1, 0.15) is 30.1 Å². The molecular weight excluding hydrogens is 334 g/mol. The molecule has 0 aliphatic rings. The molecule has 0 spiro atoms. The molecule has 1 atom stereocenters. The van der Waals surface area contributed by atoms with Gasteiger partial charge in [-0.05, 0) is 36.2 Å². The fraction of sp³-hybridized carbons (Fsp3) is 0.350. The Hall–Kier alpha value is -2.73. The maximum Gasteiger partial charge on any atom is 0.220 e. The Labute approximate surface area is 153 Å². The molecule has 2 rings (SSSR count). The van der Waals surface area contributed by atoms with Crippen LogP contribution in [0.2, 0.25) is 0 Å². The number of carbonyl (C=O) groups is 1. The van der Waals surface area contributed by atoms with Crippen LogP contribution >= 0.6 is 0 Å². The van der Waals surface area contributed by atoms with E-state index in [0.717, 1.165) is 11.3 Å². The molecule has 26 heavy (non-hydrogen) atoms. The number of benzene rings is 2. The molecule has 0 saturated heterocycles. The van der Waals surface area contributed by atoms with Gasteiger partial charge in [-0.1, -0.05) is 12.1 Å². The van der Waals surface area contributed by atoms with Crippen molar-refractivity contribution in [2.24, 2.45) is 0 Å². The van der Waals surface area contributed by atoms with Crippen LogP contribution in [0.4, 0.5) is 0 Å². The second-order valence-corrected chi connectivity index (χ2v) is 5.79. The van der Waals surface area contributed by atoms with Gasteiger partial charge in [0, 0.05) is 24.6 Å². The number of hydrogen-bond donors (Lipinski definition) is 2. The minimum absolute atomic E-state index is 0.118. The highest BCUT2D eigenvalue weighted by Gasteiger charge is 2.15. The van der Waals surface area contributed by atoms with E-state index in [1.165, 1.54) is 7.11 Å². The molecular formula is C20H25NO5. The average Bonchev–Trinajstić information content (AvgIpc) is 2.70. The summed E-state index contributed by atoms with van der Waals surface area (Å²) < 4.78 is 15.5. The van der Waals surface area contributed by atoms with Crippen LogP contribution in [0, 0.1) is 0 Å². The van der Waals surface area contributed by atoms with Crippen LogP contribution in [0.15, 0.2) is 42.5 Å². The predicted octanol–water partition coefficient (Wildman–Crippen LogP) is 2.84. The zero-order valence-corrected chi connectivity index (χ0v) is 15.3. The minimum atomic E-state index is -0.789. The zero-order valence-electron chi connectivity index (χ0n) is 15.3. The third kappa shape index (κ3) is 5.39. The summed E-state index contributed by atoms with van der Waals surface area (Å²) in [7, 11) is 4.71. The maximum absolute atomic E-state index is 12.0. The highest BCUT2D eigenvalue weighted by atomic mass is 16.5. The van der Waals surface area contributed by atoms with E-state index < -0.39 is 6.10 Å². The van der Waals surface area contributed by atoms with Crippen molar-refractivity contribution in [3.63, 3.8) is 0 Å². The van der Waals surface area contributed by atoms with Crippen LogP contribution in [0.25, 0.3) is 0 Å². The Morgan fingerprint density at radius 1 is 1.00 bits per heavy atom. The van der Waals surface area contributed by atoms with E-state index in [1.54, 1.807) is 32.4 Å². The smallest absolute Gasteiger partial charge is 0.220 e. The lowest BCUT2D eigenvalue weighted by molar-refractivity contribution is -0.121. The van der Waals surface area contributed by atoms with E-state index in [9.17, 15) is 9.90 Å². The van der Waals surface area contributed by atoms with Gasteiger partial charge in [-0.25, -0.2) is 0 Å². The molecule has 0 fully saturated rings. The van der Waals surface area contributed by atoms with E-state index in [-0.39, 0.29) is 12.3 Å². The highest BCUT2D eigenvalue weighted by molar-refractivity contribution is 5.75. The first kappa shape index (κ1) is 19.6. The van der Waals surface area contributed by atoms with Crippen LogP contribution in [-0.2, 0) is 11.3 Å². The van der Waals surface area contributed by atoms with Gasteiger partial charge >= 0.3 is 0 Å². The third-order valence-electron chi connectivity index (χ3n) is 4.09. The van der Waals surface area contributed by atoms with Gasteiger partial charge in [0.1, 0.15) is 17.2 Å². The van der Waals surface area contributed by atoms with Crippen LogP contribution in [0.5, 0.6) is 17.2 Å². The summed E-state index contributed by atoms with van der Waals surface area (Å²) in [6.07, 6.45) is -0.272. The first-order valence-corrected chi connectivity index (χ1v) is 8.37. The summed E-state index contributed by atoms with van der Waals surface area (Å²) in [5, 5.41) is 13.2. The Balaban J connectivity index is 1.84. The summed E-state index contributed by atoms with van der Waals surface area (Å²) in [6, 6.07) is 12.7. The van der Waals surface area contributed by atoms with Gasteiger partial charge in [-0.2, -0.15) is 0 Å². The molecule has 2 N–H and O–H groups in total. The molecule has 2 aromatic rings. The van der Waals surface area contributed by atoms with Gasteiger partial charge in [0.05, 0.1) is 27.4 Å². The molecule has 1 amide bonds. The summed E-state index contributed by atoms with van der Waals surface area (Å²) in [5.41, 5.74) is 1.62. The fourth-order valence-electron chi connectivity index (χ4n) is 2.55. The molecule has 2 aromatic carbocycles. The second-order valence-electron chi connectivity index (χ2n) is 5.79. The number of aliphatic hydroxyl groups excluding tert-OH is 1. The summed E-state index contributed by atoms with van der Waals surface area (Å²) in [5.74, 6) is 1.84. The first-order valence-electron chi connectivity index (χ1n) is 8.37. The predicted molar refractivity (Wildman–Crippen MR) is 98.6 cm³/mol. The van der Waals surface area contributed by atoms with Gasteiger partial charge in [0.2, 0.25) is 5.91 Å². The lowest BCUT2D eigenvalue weighted by Crippen LogP contribution is -2.23. The SMILES string of the molecule is COc1ccc(CNC(=O)CCC(O)c2ccc(OC)cc2OC)cc1. The fourth-order valence-corrected chi connectivity index (χ4v) is 2.55. The molecule has 6 heteroatoms. The van der Waals surface area contributed by atoms with Crippen molar-refractivity contribution in [1.29, 1.82) is 0 Å². The molecule has 1 unspecified atom stereocenters. The van der Waals surface area contributed by atoms with Crippen molar-refractivity contribution in [3.8, 4) is 17.2 Å². The van der Waals surface area contributed by atoms with Crippen LogP contribution < -0.4 is 19.5 Å². The molecule has 6 nitrogen and oxygen atoms in total. The number of methoxy groups -OCH3 is 3. The van der Waals surface area contributed by atoms with E-state index >= 15 is 0 Å². The molecule has 0 radical (unpaired) electrons. The number of aliphatic hydroxyl groups is 1. The van der Waals surface area contributed by atoms with E-state index in [2.05, 4.69) is 5.32 Å². The first-order chi connectivity index (χ1) is 12.6. The van der Waals surface area contributed by atoms with E-state index in [4.69, 9.17) is 14.2 Å². The topological polar surface area (TPSA) is 77.0 Å². The molecule has 0 heterocycles. The molecule has 0 aliphatic heterocycles. The van der Waals surface area contributed by atoms with E-state index in [0.29, 0.717) is 30.0 Å². The molecule has 0 aliphatic carbocycles. The molecule has 0 bridgehead atoms. The lowest BCUT2D eigenvalue weighted by Gasteiger charge is -2.15. The van der Waals surface area contributed by atoms with Crippen molar-refractivity contribution >= 4 is 5.91 Å². The number of rotatable bonds is 9. The lowest BCUT2D eigenvalue weighted by atomic mass is 10.0. The van der Waals surface area contributed by atoms with Crippen molar-refractivity contribution in [2.75, 3.05) is 21.3 Å². The second kappa shape index (κ2) is 9.68. The van der Waals surface area contributed by atoms with Crippen molar-refractivity contribution in [2.45, 2.75) is 25.5 Å². The number of amides is 1. The highest BCUT2D eigenvalue weighted by Crippen LogP contribution is 2.31.